The number of hydrogen-bond donors (Lipinski definition) is 0. The van der Waals surface area contributed by atoms with Crippen molar-refractivity contribution in [3.8, 4) is 0 Å². The van der Waals surface area contributed by atoms with Crippen LogP contribution in [0.4, 0.5) is 0 Å². The second kappa shape index (κ2) is 4.45. The standard InChI is InChI=1S/C9H17NO2/c1-3-12-9(11)5-4-8-6-10(2)7-8/h8H,3-7H2,1-2H3. The van der Waals surface area contributed by atoms with Crippen molar-refractivity contribution >= 4 is 5.97 Å². The number of carbonyl (C=O) groups is 1. The maximum absolute atomic E-state index is 10.9. The third-order valence-electron chi connectivity index (χ3n) is 2.20. The zero-order valence-electron chi connectivity index (χ0n) is 7.88. The van der Waals surface area contributed by atoms with Crippen LogP contribution in [0, 0.1) is 5.92 Å². The molecule has 3 heteroatoms. The van der Waals surface area contributed by atoms with Crippen LogP contribution in [0.1, 0.15) is 19.8 Å². The number of nitrogens with zero attached hydrogens (tertiary/aromatic N) is 1. The molecule has 0 unspecified atom stereocenters. The predicted molar refractivity (Wildman–Crippen MR) is 46.9 cm³/mol. The number of likely N-dealkylation sites (tertiary alicyclic amines) is 1. The Morgan fingerprint density at radius 1 is 1.58 bits per heavy atom. The molecule has 0 radical (unpaired) electrons. The third kappa shape index (κ3) is 2.81. The molecule has 1 saturated heterocycles. The summed E-state index contributed by atoms with van der Waals surface area (Å²) in [6.45, 7) is 4.62. The van der Waals surface area contributed by atoms with E-state index in [0.717, 1.165) is 25.4 Å². The van der Waals surface area contributed by atoms with E-state index in [1.54, 1.807) is 0 Å². The highest BCUT2D eigenvalue weighted by atomic mass is 16.5. The summed E-state index contributed by atoms with van der Waals surface area (Å²) in [6.07, 6.45) is 1.58. The largest absolute Gasteiger partial charge is 0.466 e. The summed E-state index contributed by atoms with van der Waals surface area (Å²) in [6, 6.07) is 0. The molecule has 12 heavy (non-hydrogen) atoms. The van der Waals surface area contributed by atoms with Gasteiger partial charge in [-0.05, 0) is 26.3 Å². The Bertz CT molecular complexity index is 153. The maximum atomic E-state index is 10.9. The second-order valence-electron chi connectivity index (χ2n) is 3.43. The maximum Gasteiger partial charge on any atom is 0.305 e. The fourth-order valence-corrected chi connectivity index (χ4v) is 1.57. The van der Waals surface area contributed by atoms with E-state index >= 15 is 0 Å². The number of rotatable bonds is 4. The summed E-state index contributed by atoms with van der Waals surface area (Å²) in [5.41, 5.74) is 0. The lowest BCUT2D eigenvalue weighted by atomic mass is 9.96. The fraction of sp³-hybridized carbons (Fsp3) is 0.889. The van der Waals surface area contributed by atoms with E-state index in [2.05, 4.69) is 11.9 Å². The number of esters is 1. The van der Waals surface area contributed by atoms with Crippen LogP contribution in [0.25, 0.3) is 0 Å². The lowest BCUT2D eigenvalue weighted by Crippen LogP contribution is -2.43. The summed E-state index contributed by atoms with van der Waals surface area (Å²) >= 11 is 0. The smallest absolute Gasteiger partial charge is 0.305 e. The zero-order chi connectivity index (χ0) is 8.97. The first-order valence-electron chi connectivity index (χ1n) is 4.56. The molecule has 0 aromatic heterocycles. The van der Waals surface area contributed by atoms with Gasteiger partial charge in [0.05, 0.1) is 6.61 Å². The van der Waals surface area contributed by atoms with Crippen molar-refractivity contribution in [1.29, 1.82) is 0 Å². The minimum Gasteiger partial charge on any atom is -0.466 e. The highest BCUT2D eigenvalue weighted by Gasteiger charge is 2.23. The molecule has 0 atom stereocenters. The highest BCUT2D eigenvalue weighted by Crippen LogP contribution is 2.18. The first kappa shape index (κ1) is 9.52. The molecule has 1 aliphatic heterocycles. The molecule has 0 bridgehead atoms. The van der Waals surface area contributed by atoms with Crippen molar-refractivity contribution in [2.45, 2.75) is 19.8 Å². The lowest BCUT2D eigenvalue weighted by Gasteiger charge is -2.35. The average molecular weight is 171 g/mol. The summed E-state index contributed by atoms with van der Waals surface area (Å²) < 4.78 is 4.84. The minimum atomic E-state index is -0.0490. The Labute approximate surface area is 73.7 Å². The number of hydrogen-bond acceptors (Lipinski definition) is 3. The molecular weight excluding hydrogens is 154 g/mol. The van der Waals surface area contributed by atoms with Crippen molar-refractivity contribution in [3.05, 3.63) is 0 Å². The van der Waals surface area contributed by atoms with E-state index in [1.165, 1.54) is 0 Å². The first-order chi connectivity index (χ1) is 5.72. The molecule has 70 valence electrons. The molecule has 1 heterocycles. The SMILES string of the molecule is CCOC(=O)CCC1CN(C)C1. The van der Waals surface area contributed by atoms with Crippen LogP contribution in [0.15, 0.2) is 0 Å². The molecule has 0 N–H and O–H groups in total. The van der Waals surface area contributed by atoms with Crippen molar-refractivity contribution in [2.75, 3.05) is 26.7 Å². The Morgan fingerprint density at radius 3 is 2.75 bits per heavy atom. The van der Waals surface area contributed by atoms with Gasteiger partial charge in [-0.25, -0.2) is 0 Å². The van der Waals surface area contributed by atoms with Crippen molar-refractivity contribution in [2.24, 2.45) is 5.92 Å². The van der Waals surface area contributed by atoms with Crippen LogP contribution in [0.5, 0.6) is 0 Å². The van der Waals surface area contributed by atoms with E-state index < -0.39 is 0 Å². The lowest BCUT2D eigenvalue weighted by molar-refractivity contribution is -0.143. The van der Waals surface area contributed by atoms with Crippen molar-refractivity contribution in [1.82, 2.24) is 4.90 Å². The Hall–Kier alpha value is -0.570. The Kier molecular flexibility index (Phi) is 3.53. The number of ether oxygens (including phenoxy) is 1. The molecule has 0 aromatic rings. The van der Waals surface area contributed by atoms with Gasteiger partial charge in [-0.1, -0.05) is 0 Å². The van der Waals surface area contributed by atoms with E-state index in [9.17, 15) is 4.79 Å². The van der Waals surface area contributed by atoms with Crippen LogP contribution in [0.2, 0.25) is 0 Å². The second-order valence-corrected chi connectivity index (χ2v) is 3.43. The summed E-state index contributed by atoms with van der Waals surface area (Å²) in [5, 5.41) is 0. The van der Waals surface area contributed by atoms with E-state index in [4.69, 9.17) is 4.74 Å². The van der Waals surface area contributed by atoms with E-state index in [1.807, 2.05) is 6.92 Å². The van der Waals surface area contributed by atoms with Crippen LogP contribution in [-0.4, -0.2) is 37.6 Å². The monoisotopic (exact) mass is 171 g/mol. The first-order valence-corrected chi connectivity index (χ1v) is 4.56. The molecular formula is C9H17NO2. The summed E-state index contributed by atoms with van der Waals surface area (Å²) in [4.78, 5) is 13.2. The summed E-state index contributed by atoms with van der Waals surface area (Å²) in [7, 11) is 2.10. The predicted octanol–water partition coefficient (Wildman–Crippen LogP) is 0.891. The van der Waals surface area contributed by atoms with Gasteiger partial charge in [0, 0.05) is 19.5 Å². The third-order valence-corrected chi connectivity index (χ3v) is 2.20. The zero-order valence-corrected chi connectivity index (χ0v) is 7.88. The Balaban J connectivity index is 1.98. The van der Waals surface area contributed by atoms with Crippen LogP contribution in [0.3, 0.4) is 0 Å². The quantitative estimate of drug-likeness (QED) is 0.588. The van der Waals surface area contributed by atoms with Crippen molar-refractivity contribution < 1.29 is 9.53 Å². The Morgan fingerprint density at radius 2 is 2.25 bits per heavy atom. The minimum absolute atomic E-state index is 0.0490. The summed E-state index contributed by atoms with van der Waals surface area (Å²) in [5.74, 6) is 0.673. The molecule has 0 aliphatic carbocycles. The van der Waals surface area contributed by atoms with Crippen LogP contribution >= 0.6 is 0 Å². The van der Waals surface area contributed by atoms with Gasteiger partial charge in [-0.2, -0.15) is 0 Å². The van der Waals surface area contributed by atoms with Gasteiger partial charge >= 0.3 is 5.97 Å². The molecule has 0 spiro atoms. The molecule has 0 amide bonds. The highest BCUT2D eigenvalue weighted by molar-refractivity contribution is 5.69. The van der Waals surface area contributed by atoms with Crippen molar-refractivity contribution in [3.63, 3.8) is 0 Å². The molecule has 0 saturated carbocycles. The normalized spacial score (nSPS) is 18.8. The fourth-order valence-electron chi connectivity index (χ4n) is 1.57. The van der Waals surface area contributed by atoms with Gasteiger partial charge in [0.25, 0.3) is 0 Å². The van der Waals surface area contributed by atoms with Gasteiger partial charge in [-0.3, -0.25) is 4.79 Å². The topological polar surface area (TPSA) is 29.5 Å². The van der Waals surface area contributed by atoms with Gasteiger partial charge in [0.2, 0.25) is 0 Å². The average Bonchev–Trinajstić information content (AvgIpc) is 1.96. The van der Waals surface area contributed by atoms with Crippen LogP contribution < -0.4 is 0 Å². The van der Waals surface area contributed by atoms with Gasteiger partial charge in [-0.15, -0.1) is 0 Å². The van der Waals surface area contributed by atoms with Gasteiger partial charge in [0.15, 0.2) is 0 Å². The molecule has 3 nitrogen and oxygen atoms in total. The molecule has 1 rings (SSSR count). The van der Waals surface area contributed by atoms with Crippen LogP contribution in [-0.2, 0) is 9.53 Å². The van der Waals surface area contributed by atoms with Gasteiger partial charge < -0.3 is 9.64 Å². The number of carbonyl (C=O) groups excluding carboxylic acids is 1. The van der Waals surface area contributed by atoms with Gasteiger partial charge in [0.1, 0.15) is 0 Å². The molecule has 1 aliphatic rings. The van der Waals surface area contributed by atoms with E-state index in [0.29, 0.717) is 13.0 Å². The van der Waals surface area contributed by atoms with E-state index in [-0.39, 0.29) is 5.97 Å². The molecule has 1 fully saturated rings. The molecule has 0 aromatic carbocycles.